The zero-order chi connectivity index (χ0) is 31.7. The van der Waals surface area contributed by atoms with Gasteiger partial charge in [-0.3, -0.25) is 4.79 Å². The summed E-state index contributed by atoms with van der Waals surface area (Å²) in [5, 5.41) is 0. The predicted molar refractivity (Wildman–Crippen MR) is 173 cm³/mol. The van der Waals surface area contributed by atoms with Gasteiger partial charge < -0.3 is 19.1 Å². The number of amides is 1. The summed E-state index contributed by atoms with van der Waals surface area (Å²) >= 11 is 0. The highest BCUT2D eigenvalue weighted by Gasteiger charge is 2.45. The highest BCUT2D eigenvalue weighted by molar-refractivity contribution is 7.86. The largest absolute Gasteiger partial charge is 0.497 e. The lowest BCUT2D eigenvalue weighted by molar-refractivity contribution is -0.129. The zero-order valence-corrected chi connectivity index (χ0v) is 27.1. The molecular weight excluding hydrogens is 578 g/mol. The van der Waals surface area contributed by atoms with Gasteiger partial charge in [0.25, 0.3) is 10.2 Å². The second kappa shape index (κ2) is 15.7. The van der Waals surface area contributed by atoms with Crippen molar-refractivity contribution >= 4 is 16.1 Å². The highest BCUT2D eigenvalue weighted by Crippen LogP contribution is 2.36. The van der Waals surface area contributed by atoms with E-state index in [1.54, 1.807) is 12.0 Å². The van der Waals surface area contributed by atoms with E-state index in [1.807, 2.05) is 42.5 Å². The van der Waals surface area contributed by atoms with Crippen LogP contribution in [0.15, 0.2) is 73.8 Å². The van der Waals surface area contributed by atoms with Crippen molar-refractivity contribution < 1.29 is 27.4 Å². The Hall–Kier alpha value is -3.18. The molecule has 0 aromatic heterocycles. The lowest BCUT2D eigenvalue weighted by Gasteiger charge is -2.37. The molecule has 1 saturated heterocycles. The van der Waals surface area contributed by atoms with Crippen LogP contribution in [0, 0.1) is 0 Å². The van der Waals surface area contributed by atoms with Crippen LogP contribution in [0.1, 0.15) is 55.6 Å². The molecule has 0 spiro atoms. The molecule has 240 valence electrons. The SMILES string of the molecule is C=CCCOc1cccc(C2CCC(OCC3C(N(Cc4ccc(OC)cc4)S(=O)(=O)N(C)C)CCN3C(=O)C=C)CC2)c1. The molecule has 2 aliphatic rings. The number of carbonyl (C=O) groups excluding carboxylic acids is 1. The third kappa shape index (κ3) is 8.29. The standard InChI is InChI=1S/C34H47N3O6S/c1-6-8-22-42-31-11-9-10-28(23-31)27-14-18-30(19-15-27)43-25-33-32(20-21-36(33)34(38)7-2)37(44(39,40)35(3)4)24-26-12-16-29(41-5)17-13-26/h6-7,9-13,16-17,23,27,30,32-33H,1-2,8,14-15,18-22,24-25H2,3-5H3. The van der Waals surface area contributed by atoms with Gasteiger partial charge in [0.05, 0.1) is 38.5 Å². The summed E-state index contributed by atoms with van der Waals surface area (Å²) in [5.41, 5.74) is 2.11. The van der Waals surface area contributed by atoms with Crippen molar-refractivity contribution in [3.8, 4) is 11.5 Å². The maximum Gasteiger partial charge on any atom is 0.282 e. The van der Waals surface area contributed by atoms with Crippen molar-refractivity contribution in [1.29, 1.82) is 0 Å². The van der Waals surface area contributed by atoms with Gasteiger partial charge in [0.15, 0.2) is 0 Å². The third-order valence-electron chi connectivity index (χ3n) is 8.69. The lowest BCUT2D eigenvalue weighted by Crippen LogP contribution is -2.53. The van der Waals surface area contributed by atoms with Gasteiger partial charge in [-0.15, -0.1) is 6.58 Å². The topological polar surface area (TPSA) is 88.6 Å². The number of rotatable bonds is 15. The van der Waals surface area contributed by atoms with Gasteiger partial charge in [0, 0.05) is 27.2 Å². The Bertz CT molecular complexity index is 1360. The number of methoxy groups -OCH3 is 1. The van der Waals surface area contributed by atoms with Crippen LogP contribution in [-0.2, 0) is 26.3 Å². The molecule has 1 saturated carbocycles. The normalized spacial score (nSPS) is 22.2. The van der Waals surface area contributed by atoms with E-state index in [2.05, 4.69) is 25.3 Å². The second-order valence-electron chi connectivity index (χ2n) is 11.6. The maximum absolute atomic E-state index is 13.7. The first-order valence-corrected chi connectivity index (χ1v) is 16.8. The Kier molecular flexibility index (Phi) is 12.0. The zero-order valence-electron chi connectivity index (χ0n) is 26.3. The van der Waals surface area contributed by atoms with E-state index in [9.17, 15) is 13.2 Å². The number of nitrogens with zero attached hydrogens (tertiary/aromatic N) is 3. The Balaban J connectivity index is 1.45. The van der Waals surface area contributed by atoms with Gasteiger partial charge in [0.2, 0.25) is 5.91 Å². The third-order valence-corrected chi connectivity index (χ3v) is 10.6. The van der Waals surface area contributed by atoms with E-state index in [-0.39, 0.29) is 25.2 Å². The van der Waals surface area contributed by atoms with Crippen molar-refractivity contribution in [2.45, 2.75) is 69.2 Å². The number of benzene rings is 2. The first-order valence-electron chi connectivity index (χ1n) is 15.4. The fourth-order valence-electron chi connectivity index (χ4n) is 6.17. The Morgan fingerprint density at radius 2 is 1.75 bits per heavy atom. The minimum absolute atomic E-state index is 0.0423. The quantitative estimate of drug-likeness (QED) is 0.154. The molecule has 0 N–H and O–H groups in total. The molecule has 1 amide bonds. The van der Waals surface area contributed by atoms with Crippen molar-refractivity contribution in [2.24, 2.45) is 0 Å². The van der Waals surface area contributed by atoms with Gasteiger partial charge >= 0.3 is 0 Å². The van der Waals surface area contributed by atoms with Crippen molar-refractivity contribution in [2.75, 3.05) is 41.0 Å². The molecule has 2 aromatic rings. The molecule has 1 aliphatic carbocycles. The number of hydrogen-bond donors (Lipinski definition) is 0. The molecule has 0 radical (unpaired) electrons. The number of hydrogen-bond acceptors (Lipinski definition) is 6. The Morgan fingerprint density at radius 3 is 2.39 bits per heavy atom. The van der Waals surface area contributed by atoms with Gasteiger partial charge in [-0.25, -0.2) is 0 Å². The minimum Gasteiger partial charge on any atom is -0.497 e. The molecule has 44 heavy (non-hydrogen) atoms. The number of carbonyl (C=O) groups is 1. The lowest BCUT2D eigenvalue weighted by atomic mass is 9.82. The Labute approximate surface area is 263 Å². The minimum atomic E-state index is -3.82. The van der Waals surface area contributed by atoms with Crippen molar-refractivity contribution in [3.05, 3.63) is 85.0 Å². The van der Waals surface area contributed by atoms with Crippen molar-refractivity contribution in [3.63, 3.8) is 0 Å². The molecule has 2 fully saturated rings. The maximum atomic E-state index is 13.7. The molecule has 2 aromatic carbocycles. The van der Waals surface area contributed by atoms with Gasteiger partial charge in [-0.1, -0.05) is 36.9 Å². The van der Waals surface area contributed by atoms with Gasteiger partial charge in [0.1, 0.15) is 11.5 Å². The van der Waals surface area contributed by atoms with Crippen molar-refractivity contribution in [1.82, 2.24) is 13.5 Å². The van der Waals surface area contributed by atoms with Crippen LogP contribution in [0.3, 0.4) is 0 Å². The summed E-state index contributed by atoms with van der Waals surface area (Å²) in [6, 6.07) is 14.8. The summed E-state index contributed by atoms with van der Waals surface area (Å²) in [7, 11) is 0.844. The average Bonchev–Trinajstić information content (AvgIpc) is 3.46. The van der Waals surface area contributed by atoms with E-state index in [0.29, 0.717) is 31.2 Å². The molecule has 1 heterocycles. The summed E-state index contributed by atoms with van der Waals surface area (Å²) in [6.07, 6.45) is 8.27. The fourth-order valence-corrected chi connectivity index (χ4v) is 7.49. The first-order chi connectivity index (χ1) is 21.2. The molecule has 9 nitrogen and oxygen atoms in total. The molecule has 10 heteroatoms. The summed E-state index contributed by atoms with van der Waals surface area (Å²) < 4.78 is 47.7. The summed E-state index contributed by atoms with van der Waals surface area (Å²) in [5.74, 6) is 1.80. The second-order valence-corrected chi connectivity index (χ2v) is 13.7. The average molecular weight is 626 g/mol. The van der Waals surface area contributed by atoms with E-state index < -0.39 is 22.3 Å². The molecule has 0 bridgehead atoms. The monoisotopic (exact) mass is 625 g/mol. The van der Waals surface area contributed by atoms with Crippen LogP contribution in [0.5, 0.6) is 11.5 Å². The van der Waals surface area contributed by atoms with Crippen LogP contribution in [0.2, 0.25) is 0 Å². The van der Waals surface area contributed by atoms with Gasteiger partial charge in [-0.05, 0) is 85.9 Å². The number of ether oxygens (including phenoxy) is 3. The van der Waals surface area contributed by atoms with E-state index in [4.69, 9.17) is 14.2 Å². The van der Waals surface area contributed by atoms with Crippen LogP contribution in [0.4, 0.5) is 0 Å². The smallest absolute Gasteiger partial charge is 0.282 e. The molecule has 4 rings (SSSR count). The predicted octanol–water partition coefficient (Wildman–Crippen LogP) is 5.16. The molecule has 2 unspecified atom stereocenters. The van der Waals surface area contributed by atoms with Crippen LogP contribution in [0.25, 0.3) is 0 Å². The molecule has 2 atom stereocenters. The molecule has 1 aliphatic heterocycles. The summed E-state index contributed by atoms with van der Waals surface area (Å²) in [6.45, 7) is 8.92. The van der Waals surface area contributed by atoms with E-state index >= 15 is 0 Å². The van der Waals surface area contributed by atoms with Crippen LogP contribution < -0.4 is 9.47 Å². The Morgan fingerprint density at radius 1 is 1.02 bits per heavy atom. The van der Waals surface area contributed by atoms with Gasteiger partial charge in [-0.2, -0.15) is 17.0 Å². The number of likely N-dealkylation sites (tertiary alicyclic amines) is 1. The fraction of sp³-hybridized carbons (Fsp3) is 0.500. The van der Waals surface area contributed by atoms with E-state index in [1.165, 1.54) is 34.3 Å². The summed E-state index contributed by atoms with van der Waals surface area (Å²) in [4.78, 5) is 14.6. The van der Waals surface area contributed by atoms with E-state index in [0.717, 1.165) is 43.4 Å². The van der Waals surface area contributed by atoms with Crippen LogP contribution in [-0.4, -0.2) is 87.0 Å². The van der Waals surface area contributed by atoms with Crippen LogP contribution >= 0.6 is 0 Å². The first kappa shape index (κ1) is 33.7. The molecular formula is C34H47N3O6S. The highest BCUT2D eigenvalue weighted by atomic mass is 32.2.